The van der Waals surface area contributed by atoms with Crippen LogP contribution in [0.1, 0.15) is 24.8 Å². The van der Waals surface area contributed by atoms with E-state index >= 15 is 0 Å². The number of hydrogen-bond acceptors (Lipinski definition) is 2. The number of benzene rings is 1. The Hall–Kier alpha value is -2.04. The zero-order chi connectivity index (χ0) is 13.7. The molecule has 5 nitrogen and oxygen atoms in total. The van der Waals surface area contributed by atoms with Gasteiger partial charge in [0.1, 0.15) is 0 Å². The van der Waals surface area contributed by atoms with E-state index in [-0.39, 0.29) is 11.8 Å². The normalized spacial score (nSPS) is 18.5. The molecule has 1 atom stereocenters. The maximum atomic E-state index is 11.7. The molecule has 0 bridgehead atoms. The van der Waals surface area contributed by atoms with E-state index in [1.807, 2.05) is 25.1 Å². The van der Waals surface area contributed by atoms with Gasteiger partial charge >= 0.3 is 0 Å². The molecular weight excluding hydrogens is 240 g/mol. The van der Waals surface area contributed by atoms with Gasteiger partial charge in [0.25, 0.3) is 0 Å². The van der Waals surface area contributed by atoms with E-state index in [0.29, 0.717) is 13.0 Å². The van der Waals surface area contributed by atoms with E-state index in [0.717, 1.165) is 18.2 Å². The molecule has 1 amide bonds. The van der Waals surface area contributed by atoms with Crippen molar-refractivity contribution in [2.45, 2.75) is 19.3 Å². The van der Waals surface area contributed by atoms with Gasteiger partial charge in [-0.05, 0) is 18.6 Å². The van der Waals surface area contributed by atoms with Crippen molar-refractivity contribution in [2.75, 3.05) is 25.5 Å². The number of fused-ring (bicyclic) bond motifs is 1. The summed E-state index contributed by atoms with van der Waals surface area (Å²) in [6, 6.07) is 7.95. The second-order valence-corrected chi connectivity index (χ2v) is 4.52. The first kappa shape index (κ1) is 13.4. The van der Waals surface area contributed by atoms with Crippen molar-refractivity contribution in [3.63, 3.8) is 0 Å². The van der Waals surface area contributed by atoms with Gasteiger partial charge in [0.05, 0.1) is 0 Å². The summed E-state index contributed by atoms with van der Waals surface area (Å²) in [5, 5.41) is 9.31. The molecule has 1 aromatic carbocycles. The summed E-state index contributed by atoms with van der Waals surface area (Å²) in [5.74, 6) is 1.02. The molecule has 1 aromatic rings. The molecule has 2 rings (SSSR count). The average Bonchev–Trinajstić information content (AvgIpc) is 2.43. The zero-order valence-corrected chi connectivity index (χ0v) is 11.4. The summed E-state index contributed by atoms with van der Waals surface area (Å²) in [5.41, 5.74) is 2.10. The number of hydrogen-bond donors (Lipinski definition) is 3. The first-order valence-electron chi connectivity index (χ1n) is 6.58. The summed E-state index contributed by atoms with van der Waals surface area (Å²) in [6.07, 6.45) is 0.507. The minimum atomic E-state index is 0.0731. The Balaban J connectivity index is 2.07. The second-order valence-electron chi connectivity index (χ2n) is 4.52. The highest BCUT2D eigenvalue weighted by Gasteiger charge is 2.24. The van der Waals surface area contributed by atoms with E-state index in [1.165, 1.54) is 5.56 Å². The molecule has 0 saturated heterocycles. The molecule has 1 aliphatic heterocycles. The summed E-state index contributed by atoms with van der Waals surface area (Å²) >= 11 is 0. The highest BCUT2D eigenvalue weighted by atomic mass is 16.1. The van der Waals surface area contributed by atoms with Gasteiger partial charge in [0.2, 0.25) is 5.91 Å². The van der Waals surface area contributed by atoms with E-state index in [1.54, 1.807) is 7.05 Å². The minimum absolute atomic E-state index is 0.0731. The van der Waals surface area contributed by atoms with Crippen molar-refractivity contribution < 1.29 is 4.79 Å². The third-order valence-corrected chi connectivity index (χ3v) is 3.19. The molecule has 0 saturated carbocycles. The predicted octanol–water partition coefficient (Wildman–Crippen LogP) is 1.30. The number of nitrogens with zero attached hydrogens (tertiary/aromatic N) is 1. The lowest BCUT2D eigenvalue weighted by atomic mass is 9.90. The highest BCUT2D eigenvalue weighted by Crippen LogP contribution is 2.31. The number of para-hydroxylation sites is 1. The van der Waals surface area contributed by atoms with Gasteiger partial charge < -0.3 is 16.0 Å². The number of anilines is 1. The van der Waals surface area contributed by atoms with Crippen LogP contribution in [0.15, 0.2) is 29.3 Å². The van der Waals surface area contributed by atoms with Crippen LogP contribution in [0.5, 0.6) is 0 Å². The summed E-state index contributed by atoms with van der Waals surface area (Å²) in [7, 11) is 1.74. The molecule has 0 aromatic heterocycles. The number of amides is 1. The van der Waals surface area contributed by atoms with Crippen molar-refractivity contribution >= 4 is 17.6 Å². The molecule has 3 N–H and O–H groups in total. The van der Waals surface area contributed by atoms with Crippen LogP contribution < -0.4 is 16.0 Å². The number of carbonyl (C=O) groups is 1. The Morgan fingerprint density at radius 3 is 2.95 bits per heavy atom. The Morgan fingerprint density at radius 2 is 2.21 bits per heavy atom. The lowest BCUT2D eigenvalue weighted by Crippen LogP contribution is -2.40. The molecule has 0 aliphatic carbocycles. The molecule has 19 heavy (non-hydrogen) atoms. The van der Waals surface area contributed by atoms with Crippen LogP contribution in [-0.2, 0) is 4.79 Å². The van der Waals surface area contributed by atoms with Gasteiger partial charge in [-0.3, -0.25) is 9.79 Å². The molecular formula is C14H20N4O. The molecule has 5 heteroatoms. The van der Waals surface area contributed by atoms with Crippen molar-refractivity contribution in [3.05, 3.63) is 29.8 Å². The molecule has 102 valence electrons. The molecule has 1 heterocycles. The van der Waals surface area contributed by atoms with Gasteiger partial charge in [0.15, 0.2) is 5.96 Å². The highest BCUT2D eigenvalue weighted by molar-refractivity contribution is 5.94. The Kier molecular flexibility index (Phi) is 4.39. The molecule has 0 fully saturated rings. The fourth-order valence-electron chi connectivity index (χ4n) is 2.29. The van der Waals surface area contributed by atoms with Crippen LogP contribution in [0.4, 0.5) is 5.69 Å². The maximum Gasteiger partial charge on any atom is 0.225 e. The predicted molar refractivity (Wildman–Crippen MR) is 77.5 cm³/mol. The van der Waals surface area contributed by atoms with Crippen molar-refractivity contribution in [1.82, 2.24) is 10.6 Å². The van der Waals surface area contributed by atoms with Gasteiger partial charge in [-0.25, -0.2) is 0 Å². The maximum absolute atomic E-state index is 11.7. The standard InChI is InChI=1S/C14H20N4O/c1-3-16-14(15-2)17-9-10-8-13(19)18-12-7-5-4-6-11(10)12/h4-7,10H,3,8-9H2,1-2H3,(H,18,19)(H2,15,16,17). The molecule has 1 aliphatic rings. The molecule has 0 spiro atoms. The van der Waals surface area contributed by atoms with Crippen LogP contribution in [0.2, 0.25) is 0 Å². The summed E-state index contributed by atoms with van der Waals surface area (Å²) in [6.45, 7) is 3.54. The first-order valence-corrected chi connectivity index (χ1v) is 6.58. The first-order chi connectivity index (χ1) is 9.24. The fourth-order valence-corrected chi connectivity index (χ4v) is 2.29. The van der Waals surface area contributed by atoms with Crippen molar-refractivity contribution in [2.24, 2.45) is 4.99 Å². The van der Waals surface area contributed by atoms with Crippen molar-refractivity contribution in [3.8, 4) is 0 Å². The van der Waals surface area contributed by atoms with E-state index < -0.39 is 0 Å². The van der Waals surface area contributed by atoms with Crippen LogP contribution in [0.25, 0.3) is 0 Å². The number of guanidine groups is 1. The Bertz CT molecular complexity index is 484. The van der Waals surface area contributed by atoms with Crippen LogP contribution in [0, 0.1) is 0 Å². The number of aliphatic imine (C=N–C) groups is 1. The minimum Gasteiger partial charge on any atom is -0.357 e. The van der Waals surface area contributed by atoms with Gasteiger partial charge in [-0.1, -0.05) is 18.2 Å². The molecule has 0 radical (unpaired) electrons. The lowest BCUT2D eigenvalue weighted by Gasteiger charge is -2.26. The summed E-state index contributed by atoms with van der Waals surface area (Å²) in [4.78, 5) is 15.8. The lowest BCUT2D eigenvalue weighted by molar-refractivity contribution is -0.116. The fraction of sp³-hybridized carbons (Fsp3) is 0.429. The van der Waals surface area contributed by atoms with Gasteiger partial charge in [-0.2, -0.15) is 0 Å². The number of rotatable bonds is 3. The van der Waals surface area contributed by atoms with E-state index in [4.69, 9.17) is 0 Å². The van der Waals surface area contributed by atoms with Gasteiger partial charge in [-0.15, -0.1) is 0 Å². The largest absolute Gasteiger partial charge is 0.357 e. The third-order valence-electron chi connectivity index (χ3n) is 3.19. The smallest absolute Gasteiger partial charge is 0.225 e. The summed E-state index contributed by atoms with van der Waals surface area (Å²) < 4.78 is 0. The van der Waals surface area contributed by atoms with E-state index in [9.17, 15) is 4.79 Å². The third kappa shape index (κ3) is 3.24. The van der Waals surface area contributed by atoms with Gasteiger partial charge in [0, 0.05) is 38.2 Å². The Morgan fingerprint density at radius 1 is 1.42 bits per heavy atom. The Labute approximate surface area is 113 Å². The monoisotopic (exact) mass is 260 g/mol. The van der Waals surface area contributed by atoms with Crippen LogP contribution in [0.3, 0.4) is 0 Å². The van der Waals surface area contributed by atoms with E-state index in [2.05, 4.69) is 27.0 Å². The number of nitrogens with one attached hydrogen (secondary N) is 3. The van der Waals surface area contributed by atoms with Crippen LogP contribution >= 0.6 is 0 Å². The average molecular weight is 260 g/mol. The topological polar surface area (TPSA) is 65.5 Å². The SMILES string of the molecule is CCNC(=NC)NCC1CC(=O)Nc2ccccc21. The second kappa shape index (κ2) is 6.22. The number of carbonyl (C=O) groups excluding carboxylic acids is 1. The quantitative estimate of drug-likeness (QED) is 0.567. The van der Waals surface area contributed by atoms with Crippen molar-refractivity contribution in [1.29, 1.82) is 0 Å². The molecule has 1 unspecified atom stereocenters. The zero-order valence-electron chi connectivity index (χ0n) is 11.4. The van der Waals surface area contributed by atoms with Crippen LogP contribution in [-0.4, -0.2) is 32.0 Å².